The number of fused-ring (bicyclic) bond motifs is 1. The Morgan fingerprint density at radius 3 is 2.59 bits per heavy atom. The number of sulfone groups is 1. The second-order valence-electron chi connectivity index (χ2n) is 7.56. The third-order valence-electron chi connectivity index (χ3n) is 5.16. The van der Waals surface area contributed by atoms with Crippen molar-refractivity contribution in [2.24, 2.45) is 0 Å². The number of nitrogens with zero attached hydrogens (tertiary/aromatic N) is 4. The predicted molar refractivity (Wildman–Crippen MR) is 99.1 cm³/mol. The van der Waals surface area contributed by atoms with E-state index in [1.165, 1.54) is 17.8 Å². The highest BCUT2D eigenvalue weighted by molar-refractivity contribution is 7.91. The number of phenolic OH excluding ortho intramolecular Hbond substituents is 1. The summed E-state index contributed by atoms with van der Waals surface area (Å²) < 4.78 is 64.1. The topological polar surface area (TPSA) is 98.0 Å². The van der Waals surface area contributed by atoms with Gasteiger partial charge in [0.25, 0.3) is 0 Å². The van der Waals surface area contributed by atoms with E-state index >= 15 is 0 Å². The van der Waals surface area contributed by atoms with Crippen molar-refractivity contribution in [3.05, 3.63) is 35.7 Å². The van der Waals surface area contributed by atoms with Gasteiger partial charge in [0, 0.05) is 5.56 Å². The maximum absolute atomic E-state index is 12.9. The van der Waals surface area contributed by atoms with E-state index in [0.29, 0.717) is 18.0 Å². The van der Waals surface area contributed by atoms with Gasteiger partial charge in [0.1, 0.15) is 11.3 Å². The average Bonchev–Trinajstić information content (AvgIpc) is 3.14. The van der Waals surface area contributed by atoms with Crippen LogP contribution in [0.25, 0.3) is 22.4 Å². The van der Waals surface area contributed by atoms with Gasteiger partial charge in [-0.05, 0) is 38.0 Å². The zero-order chi connectivity index (χ0) is 21.2. The minimum atomic E-state index is -4.58. The van der Waals surface area contributed by atoms with Gasteiger partial charge in [0.15, 0.2) is 15.5 Å². The molecule has 11 heteroatoms. The zero-order valence-electron chi connectivity index (χ0n) is 15.5. The number of rotatable bonds is 2. The smallest absolute Gasteiger partial charge is 0.416 e. The van der Waals surface area contributed by atoms with Gasteiger partial charge in [-0.1, -0.05) is 0 Å². The highest BCUT2D eigenvalue weighted by Crippen LogP contribution is 2.38. The zero-order valence-corrected chi connectivity index (χ0v) is 16.3. The van der Waals surface area contributed by atoms with E-state index in [1.807, 2.05) is 0 Å². The first kappa shape index (κ1) is 19.6. The molecule has 1 fully saturated rings. The van der Waals surface area contributed by atoms with Gasteiger partial charge in [0.05, 0.1) is 40.7 Å². The Morgan fingerprint density at radius 2 is 2.00 bits per heavy atom. The van der Waals surface area contributed by atoms with Crippen LogP contribution in [-0.2, 0) is 21.6 Å². The van der Waals surface area contributed by atoms with E-state index in [1.54, 1.807) is 13.1 Å². The van der Waals surface area contributed by atoms with Crippen LogP contribution in [0.2, 0.25) is 0 Å². The molecule has 0 saturated carbocycles. The molecule has 0 aliphatic carbocycles. The number of phenols is 1. The summed E-state index contributed by atoms with van der Waals surface area (Å²) in [7, 11) is -3.14. The summed E-state index contributed by atoms with van der Waals surface area (Å²) in [6, 6.07) is 1.58. The van der Waals surface area contributed by atoms with E-state index in [-0.39, 0.29) is 34.0 Å². The van der Waals surface area contributed by atoms with Gasteiger partial charge in [-0.25, -0.2) is 18.4 Å². The molecular formula is C18H17F3N4O3S. The number of halogens is 3. The lowest BCUT2D eigenvalue weighted by Gasteiger charge is -2.22. The molecule has 7 nitrogen and oxygen atoms in total. The summed E-state index contributed by atoms with van der Waals surface area (Å²) >= 11 is 0. The SMILES string of the molecule is Cc1cc(C(F)(F)F)cc(O)c1-c1cnc2cn([C@]3(C)CCS(=O)(=O)C3)nc2n1. The molecule has 2 aromatic heterocycles. The third-order valence-corrected chi connectivity index (χ3v) is 7.05. The standard InChI is InChI=1S/C18H17F3N4O3S/c1-10-5-11(18(19,20)21)6-14(26)15(10)12-7-22-13-8-25(24-16(13)23-12)17(2)3-4-29(27,28)9-17/h5-8,26H,3-4,9H2,1-2H3/t17-/m1/s1. The summed E-state index contributed by atoms with van der Waals surface area (Å²) in [5.41, 5.74) is -0.528. The van der Waals surface area contributed by atoms with Crippen molar-refractivity contribution in [2.75, 3.05) is 11.5 Å². The summed E-state index contributed by atoms with van der Waals surface area (Å²) in [5, 5.41) is 14.5. The number of benzene rings is 1. The first-order chi connectivity index (χ1) is 13.4. The fourth-order valence-electron chi connectivity index (χ4n) is 3.64. The van der Waals surface area contributed by atoms with Crippen molar-refractivity contribution in [3.63, 3.8) is 0 Å². The van der Waals surface area contributed by atoms with Crippen LogP contribution in [0.5, 0.6) is 5.75 Å². The lowest BCUT2D eigenvalue weighted by Crippen LogP contribution is -2.31. The van der Waals surface area contributed by atoms with Crippen LogP contribution in [0.4, 0.5) is 13.2 Å². The fourth-order valence-corrected chi connectivity index (χ4v) is 5.76. The Bertz CT molecular complexity index is 1210. The highest BCUT2D eigenvalue weighted by atomic mass is 32.2. The Hall–Kier alpha value is -2.69. The van der Waals surface area contributed by atoms with Crippen molar-refractivity contribution >= 4 is 21.0 Å². The molecule has 154 valence electrons. The number of alkyl halides is 3. The van der Waals surface area contributed by atoms with E-state index in [9.17, 15) is 26.7 Å². The van der Waals surface area contributed by atoms with Crippen LogP contribution in [0.1, 0.15) is 24.5 Å². The van der Waals surface area contributed by atoms with Gasteiger partial charge < -0.3 is 5.11 Å². The van der Waals surface area contributed by atoms with Crippen LogP contribution in [0, 0.1) is 6.92 Å². The lowest BCUT2D eigenvalue weighted by atomic mass is 10.0. The Labute approximate surface area is 164 Å². The summed E-state index contributed by atoms with van der Waals surface area (Å²) in [6.45, 7) is 3.23. The third kappa shape index (κ3) is 3.43. The molecule has 1 N–H and O–H groups in total. The molecule has 29 heavy (non-hydrogen) atoms. The van der Waals surface area contributed by atoms with Crippen LogP contribution < -0.4 is 0 Å². The molecule has 0 spiro atoms. The van der Waals surface area contributed by atoms with E-state index in [2.05, 4.69) is 15.1 Å². The van der Waals surface area contributed by atoms with Gasteiger partial charge in [-0.3, -0.25) is 4.68 Å². The first-order valence-corrected chi connectivity index (χ1v) is 10.5. The second-order valence-corrected chi connectivity index (χ2v) is 9.75. The van der Waals surface area contributed by atoms with Crippen LogP contribution >= 0.6 is 0 Å². The number of aromatic hydroxyl groups is 1. The van der Waals surface area contributed by atoms with Gasteiger partial charge in [0.2, 0.25) is 0 Å². The van der Waals surface area contributed by atoms with Crippen molar-refractivity contribution in [3.8, 4) is 17.0 Å². The maximum Gasteiger partial charge on any atom is 0.416 e. The monoisotopic (exact) mass is 426 g/mol. The molecule has 1 atom stereocenters. The maximum atomic E-state index is 12.9. The molecule has 3 heterocycles. The number of hydrogen-bond donors (Lipinski definition) is 1. The predicted octanol–water partition coefficient (Wildman–Crippen LogP) is 3.06. The molecule has 1 aromatic carbocycles. The fraction of sp³-hybridized carbons (Fsp3) is 0.389. The second kappa shape index (κ2) is 6.15. The Kier molecular flexibility index (Phi) is 4.16. The van der Waals surface area contributed by atoms with Gasteiger partial charge in [-0.2, -0.15) is 18.3 Å². The molecule has 0 unspecified atom stereocenters. The Balaban J connectivity index is 1.78. The molecule has 1 aliphatic rings. The van der Waals surface area contributed by atoms with Gasteiger partial charge in [-0.15, -0.1) is 0 Å². The van der Waals surface area contributed by atoms with Crippen molar-refractivity contribution in [1.29, 1.82) is 0 Å². The number of aromatic nitrogens is 4. The Morgan fingerprint density at radius 1 is 1.28 bits per heavy atom. The molecule has 1 saturated heterocycles. The number of aryl methyl sites for hydroxylation is 1. The molecule has 4 rings (SSSR count). The van der Waals surface area contributed by atoms with Crippen molar-refractivity contribution in [2.45, 2.75) is 32.0 Å². The summed E-state index contributed by atoms with van der Waals surface area (Å²) in [5.74, 6) is -0.524. The van der Waals surface area contributed by atoms with E-state index in [0.717, 1.165) is 6.07 Å². The first-order valence-electron chi connectivity index (χ1n) is 8.72. The molecule has 0 radical (unpaired) electrons. The minimum Gasteiger partial charge on any atom is -0.507 e. The van der Waals surface area contributed by atoms with E-state index < -0.39 is 32.9 Å². The molecule has 3 aromatic rings. The van der Waals surface area contributed by atoms with Gasteiger partial charge >= 0.3 is 6.18 Å². The average molecular weight is 426 g/mol. The minimum absolute atomic E-state index is 0.0420. The van der Waals surface area contributed by atoms with E-state index in [4.69, 9.17) is 0 Å². The normalized spacial score (nSPS) is 21.7. The van der Waals surface area contributed by atoms with Crippen LogP contribution in [0.3, 0.4) is 0 Å². The van der Waals surface area contributed by atoms with Crippen LogP contribution in [-0.4, -0.2) is 44.8 Å². The highest BCUT2D eigenvalue weighted by Gasteiger charge is 2.41. The molecule has 1 aliphatic heterocycles. The number of hydrogen-bond acceptors (Lipinski definition) is 6. The lowest BCUT2D eigenvalue weighted by molar-refractivity contribution is -0.137. The van der Waals surface area contributed by atoms with Crippen LogP contribution in [0.15, 0.2) is 24.5 Å². The molecular weight excluding hydrogens is 409 g/mol. The van der Waals surface area contributed by atoms with Crippen molar-refractivity contribution in [1.82, 2.24) is 19.7 Å². The largest absolute Gasteiger partial charge is 0.507 e. The quantitative estimate of drug-likeness (QED) is 0.676. The summed E-state index contributed by atoms with van der Waals surface area (Å²) in [4.78, 5) is 8.58. The van der Waals surface area contributed by atoms with Crippen molar-refractivity contribution < 1.29 is 26.7 Å². The molecule has 0 amide bonds. The molecule has 0 bridgehead atoms. The summed E-state index contributed by atoms with van der Waals surface area (Å²) in [6.07, 6.45) is -1.22.